The Morgan fingerprint density at radius 3 is 2.51 bits per heavy atom. The van der Waals surface area contributed by atoms with Gasteiger partial charge in [0.25, 0.3) is 5.91 Å². The second-order valence-corrected chi connectivity index (χ2v) is 10.1. The van der Waals surface area contributed by atoms with Gasteiger partial charge in [0.1, 0.15) is 5.75 Å². The Kier molecular flexibility index (Phi) is 8.51. The number of amides is 1. The average molecular weight is 505 g/mol. The molecule has 2 aliphatic rings. The highest BCUT2D eigenvalue weighted by Gasteiger charge is 2.33. The van der Waals surface area contributed by atoms with E-state index < -0.39 is 0 Å². The van der Waals surface area contributed by atoms with Crippen molar-refractivity contribution < 1.29 is 9.53 Å². The number of rotatable bonds is 9. The molecule has 0 aliphatic carbocycles. The highest BCUT2D eigenvalue weighted by Crippen LogP contribution is 2.28. The molecular formula is C29H40N6O2. The summed E-state index contributed by atoms with van der Waals surface area (Å²) in [5, 5.41) is 13.9. The van der Waals surface area contributed by atoms with E-state index in [1.807, 2.05) is 44.2 Å². The Bertz CT molecular complexity index is 1150. The first-order valence-corrected chi connectivity index (χ1v) is 13.0. The monoisotopic (exact) mass is 504 g/mol. The number of piperazine rings is 1. The van der Waals surface area contributed by atoms with Crippen molar-refractivity contribution in [2.45, 2.75) is 25.9 Å². The summed E-state index contributed by atoms with van der Waals surface area (Å²) in [5.74, 6) is 0.591. The van der Waals surface area contributed by atoms with Crippen LogP contribution in [0.25, 0.3) is 5.57 Å². The largest absolute Gasteiger partial charge is 0.497 e. The van der Waals surface area contributed by atoms with Crippen molar-refractivity contribution in [1.82, 2.24) is 20.4 Å². The van der Waals surface area contributed by atoms with Gasteiger partial charge >= 0.3 is 0 Å². The first-order valence-electron chi connectivity index (χ1n) is 13.0. The molecule has 0 spiro atoms. The molecule has 0 bridgehead atoms. The summed E-state index contributed by atoms with van der Waals surface area (Å²) in [4.78, 5) is 20.7. The van der Waals surface area contributed by atoms with Gasteiger partial charge in [0, 0.05) is 81.6 Å². The zero-order valence-electron chi connectivity index (χ0n) is 22.7. The fraction of sp³-hybridized carbons (Fsp3) is 0.448. The number of carbonyl (C=O) groups is 1. The van der Waals surface area contributed by atoms with Gasteiger partial charge in [-0.3, -0.25) is 9.69 Å². The molecule has 2 fully saturated rings. The second kappa shape index (κ2) is 11.8. The number of aryl methyl sites for hydroxylation is 1. The minimum atomic E-state index is -0.239. The Balaban J connectivity index is 1.45. The average Bonchev–Trinajstić information content (AvgIpc) is 2.87. The van der Waals surface area contributed by atoms with Crippen LogP contribution < -0.4 is 20.3 Å². The van der Waals surface area contributed by atoms with Crippen LogP contribution in [-0.4, -0.2) is 88.4 Å². The lowest BCUT2D eigenvalue weighted by Gasteiger charge is -2.49. The van der Waals surface area contributed by atoms with Crippen LogP contribution in [0.3, 0.4) is 0 Å². The number of hydrogen-bond acceptors (Lipinski definition) is 7. The van der Waals surface area contributed by atoms with E-state index in [0.717, 1.165) is 67.2 Å². The minimum absolute atomic E-state index is 0.0922. The zero-order chi connectivity index (χ0) is 26.5. The molecule has 37 heavy (non-hydrogen) atoms. The maximum absolute atomic E-state index is 13.4. The molecule has 0 saturated carbocycles. The van der Waals surface area contributed by atoms with Crippen LogP contribution in [0.15, 0.2) is 42.6 Å². The van der Waals surface area contributed by atoms with Gasteiger partial charge in [-0.15, -0.1) is 0 Å². The highest BCUT2D eigenvalue weighted by atomic mass is 16.5. The molecule has 8 nitrogen and oxygen atoms in total. The van der Waals surface area contributed by atoms with E-state index in [4.69, 9.17) is 10.1 Å². The zero-order valence-corrected chi connectivity index (χ0v) is 22.7. The van der Waals surface area contributed by atoms with E-state index in [1.54, 1.807) is 20.4 Å². The summed E-state index contributed by atoms with van der Waals surface area (Å²) in [6.07, 6.45) is 3.07. The van der Waals surface area contributed by atoms with E-state index >= 15 is 0 Å². The summed E-state index contributed by atoms with van der Waals surface area (Å²) in [5.41, 5.74) is 5.26. The number of carbonyl (C=O) groups excluding carboxylic acids is 1. The Morgan fingerprint density at radius 2 is 1.86 bits per heavy atom. The van der Waals surface area contributed by atoms with E-state index in [-0.39, 0.29) is 11.9 Å². The van der Waals surface area contributed by atoms with Crippen molar-refractivity contribution in [3.8, 4) is 5.75 Å². The second-order valence-electron chi connectivity index (χ2n) is 10.1. The molecule has 4 rings (SSSR count). The molecule has 2 aromatic rings. The van der Waals surface area contributed by atoms with Crippen molar-refractivity contribution in [3.05, 3.63) is 64.9 Å². The molecule has 198 valence electrons. The van der Waals surface area contributed by atoms with E-state index in [9.17, 15) is 4.79 Å². The molecule has 0 aromatic heterocycles. The van der Waals surface area contributed by atoms with Gasteiger partial charge in [0.15, 0.2) is 0 Å². The van der Waals surface area contributed by atoms with Gasteiger partial charge in [-0.05, 0) is 67.9 Å². The molecule has 2 aromatic carbocycles. The van der Waals surface area contributed by atoms with Gasteiger partial charge < -0.3 is 30.6 Å². The number of nitrogens with zero attached hydrogens (tertiary/aromatic N) is 3. The number of ether oxygens (including phenoxy) is 1. The first-order chi connectivity index (χ1) is 17.8. The third-order valence-corrected chi connectivity index (χ3v) is 7.55. The summed E-state index contributed by atoms with van der Waals surface area (Å²) in [6, 6.07) is 12.4. The summed E-state index contributed by atoms with van der Waals surface area (Å²) >= 11 is 0. The Hall–Kier alpha value is -3.36. The van der Waals surface area contributed by atoms with Crippen LogP contribution in [0.4, 0.5) is 5.69 Å². The van der Waals surface area contributed by atoms with Gasteiger partial charge in [0.2, 0.25) is 0 Å². The van der Waals surface area contributed by atoms with Gasteiger partial charge in [-0.2, -0.15) is 0 Å². The van der Waals surface area contributed by atoms with Crippen LogP contribution >= 0.6 is 0 Å². The van der Waals surface area contributed by atoms with Crippen molar-refractivity contribution in [2.75, 3.05) is 65.4 Å². The highest BCUT2D eigenvalue weighted by molar-refractivity contribution is 6.08. The van der Waals surface area contributed by atoms with Crippen molar-refractivity contribution in [3.63, 3.8) is 0 Å². The van der Waals surface area contributed by atoms with E-state index in [2.05, 4.69) is 38.4 Å². The van der Waals surface area contributed by atoms with Crippen molar-refractivity contribution in [2.24, 2.45) is 0 Å². The predicted molar refractivity (Wildman–Crippen MR) is 151 cm³/mol. The minimum Gasteiger partial charge on any atom is -0.497 e. The molecule has 3 N–H and O–H groups in total. The Labute approximate surface area is 220 Å². The van der Waals surface area contributed by atoms with E-state index in [1.165, 1.54) is 6.21 Å². The topological polar surface area (TPSA) is 83.9 Å². The summed E-state index contributed by atoms with van der Waals surface area (Å²) in [6.45, 7) is 10.5. The molecule has 2 heterocycles. The van der Waals surface area contributed by atoms with Gasteiger partial charge in [-0.1, -0.05) is 6.07 Å². The van der Waals surface area contributed by atoms with Crippen LogP contribution in [0.2, 0.25) is 0 Å². The first kappa shape index (κ1) is 26.7. The molecule has 2 saturated heterocycles. The molecule has 0 unspecified atom stereocenters. The molecule has 1 amide bonds. The maximum atomic E-state index is 13.4. The number of benzene rings is 2. The fourth-order valence-electron chi connectivity index (χ4n) is 5.01. The maximum Gasteiger partial charge on any atom is 0.252 e. The molecule has 8 heteroatoms. The van der Waals surface area contributed by atoms with Crippen LogP contribution in [-0.2, 0) is 0 Å². The van der Waals surface area contributed by atoms with Crippen LogP contribution in [0.5, 0.6) is 5.75 Å². The van der Waals surface area contributed by atoms with Gasteiger partial charge in [0.05, 0.1) is 13.2 Å². The standard InChI is InChI=1S/C29H40N6O2/c1-20-6-7-25(35-18-26(19-35)34-10-8-33(4)9-11-34)15-28(20)29(36)32-21(2)22-12-23(14-27(13-22)37-5)24(16-30)17-31-3/h6-7,12-17,21,26,30-31H,8-11,18-19H2,1-5H3,(H,32,36)/b24-17+,30-16?/t21-/m1/s1. The van der Waals surface area contributed by atoms with Gasteiger partial charge in [-0.25, -0.2) is 0 Å². The number of allylic oxidation sites excluding steroid dienone is 1. The number of likely N-dealkylation sites (N-methyl/N-ethyl adjacent to an activating group) is 1. The van der Waals surface area contributed by atoms with Crippen LogP contribution in [0.1, 0.15) is 40.0 Å². The van der Waals surface area contributed by atoms with Crippen molar-refractivity contribution >= 4 is 23.4 Å². The number of nitrogens with one attached hydrogen (secondary N) is 3. The SMILES string of the molecule is CN/C=C(\C=N)c1cc(OC)cc([C@@H](C)NC(=O)c2cc(N3CC(N4CCN(C)CC4)C3)ccc2C)c1. The fourth-order valence-corrected chi connectivity index (χ4v) is 5.01. The number of methoxy groups -OCH3 is 1. The lowest BCUT2D eigenvalue weighted by Crippen LogP contribution is -2.63. The molecule has 1 atom stereocenters. The van der Waals surface area contributed by atoms with Crippen molar-refractivity contribution in [1.29, 1.82) is 5.41 Å². The predicted octanol–water partition coefficient (Wildman–Crippen LogP) is 3.14. The molecule has 2 aliphatic heterocycles. The van der Waals surface area contributed by atoms with E-state index in [0.29, 0.717) is 17.4 Å². The lowest BCUT2D eigenvalue weighted by molar-refractivity contribution is 0.0938. The smallest absolute Gasteiger partial charge is 0.252 e. The Morgan fingerprint density at radius 1 is 1.14 bits per heavy atom. The number of hydrogen-bond donors (Lipinski definition) is 3. The third-order valence-electron chi connectivity index (χ3n) is 7.55. The molecule has 0 radical (unpaired) electrons. The quantitative estimate of drug-likeness (QED) is 0.455. The molecular weight excluding hydrogens is 464 g/mol. The lowest BCUT2D eigenvalue weighted by atomic mass is 9.99. The summed E-state index contributed by atoms with van der Waals surface area (Å²) in [7, 11) is 5.61. The van der Waals surface area contributed by atoms with Crippen LogP contribution in [0, 0.1) is 12.3 Å². The number of anilines is 1. The summed E-state index contributed by atoms with van der Waals surface area (Å²) < 4.78 is 5.50. The third kappa shape index (κ3) is 6.14. The normalized spacial score (nSPS) is 18.2.